The van der Waals surface area contributed by atoms with Gasteiger partial charge in [0, 0.05) is 38.8 Å². The molecule has 2 heterocycles. The van der Waals surface area contributed by atoms with E-state index in [-0.39, 0.29) is 18.0 Å². The van der Waals surface area contributed by atoms with E-state index in [0.29, 0.717) is 22.0 Å². The summed E-state index contributed by atoms with van der Waals surface area (Å²) in [7, 11) is -0.352. The molecule has 0 bridgehead atoms. The first kappa shape index (κ1) is 27.5. The number of sulfonamides is 1. The Morgan fingerprint density at radius 1 is 1.11 bits per heavy atom. The molecule has 1 fully saturated rings. The fourth-order valence-electron chi connectivity index (χ4n) is 5.75. The van der Waals surface area contributed by atoms with Crippen LogP contribution in [0.2, 0.25) is 10.0 Å². The molecule has 2 aromatic carbocycles. The van der Waals surface area contributed by atoms with Gasteiger partial charge in [0.05, 0.1) is 16.2 Å². The minimum absolute atomic E-state index is 0.175. The first-order valence-corrected chi connectivity index (χ1v) is 15.3. The van der Waals surface area contributed by atoms with Crippen molar-refractivity contribution >= 4 is 33.2 Å². The topological polar surface area (TPSA) is 67.7 Å². The molecule has 7 nitrogen and oxygen atoms in total. The van der Waals surface area contributed by atoms with E-state index in [1.165, 1.54) is 50.9 Å². The summed E-state index contributed by atoms with van der Waals surface area (Å²) in [5, 5.41) is 5.13. The Balaban J connectivity index is 1.33. The number of aromatic nitrogens is 2. The maximum absolute atomic E-state index is 12.8. The van der Waals surface area contributed by atoms with Crippen molar-refractivity contribution in [1.29, 1.82) is 0 Å². The van der Waals surface area contributed by atoms with Crippen molar-refractivity contribution in [3.05, 3.63) is 75.5 Å². The normalized spacial score (nSPS) is 20.1. The minimum atomic E-state index is -3.61. The largest absolute Gasteiger partial charge is 0.492 e. The summed E-state index contributed by atoms with van der Waals surface area (Å²) in [6.45, 7) is 2.77. The fourth-order valence-corrected chi connectivity index (χ4v) is 7.21. The Kier molecular flexibility index (Phi) is 8.36. The van der Waals surface area contributed by atoms with Gasteiger partial charge < -0.3 is 4.74 Å². The Morgan fingerprint density at radius 3 is 2.61 bits per heavy atom. The van der Waals surface area contributed by atoms with Gasteiger partial charge in [0.15, 0.2) is 0 Å². The number of likely N-dealkylation sites (N-methyl/N-ethyl adjacent to an activating group) is 1. The molecule has 2 aliphatic rings. The lowest BCUT2D eigenvalue weighted by molar-refractivity contribution is 0.188. The number of hydrogen-bond acceptors (Lipinski definition) is 5. The van der Waals surface area contributed by atoms with E-state index in [4.69, 9.17) is 27.9 Å². The molecule has 5 rings (SSSR count). The molecule has 3 aromatic rings. The average Bonchev–Trinajstić information content (AvgIpc) is 3.59. The van der Waals surface area contributed by atoms with Gasteiger partial charge in [-0.25, -0.2) is 8.42 Å². The summed E-state index contributed by atoms with van der Waals surface area (Å²) in [6.07, 6.45) is 8.42. The fraction of sp³-hybridized carbons (Fsp3) is 0.464. The smallest absolute Gasteiger partial charge is 0.246 e. The minimum Gasteiger partial charge on any atom is -0.492 e. The van der Waals surface area contributed by atoms with E-state index in [9.17, 15) is 8.42 Å². The van der Waals surface area contributed by atoms with E-state index >= 15 is 0 Å². The number of halogens is 2. The molecule has 0 N–H and O–H groups in total. The van der Waals surface area contributed by atoms with Crippen LogP contribution in [0.1, 0.15) is 41.9 Å². The third-order valence-electron chi connectivity index (χ3n) is 7.80. The first-order valence-electron chi connectivity index (χ1n) is 13.1. The molecule has 1 aliphatic carbocycles. The van der Waals surface area contributed by atoms with Gasteiger partial charge in [-0.05, 0) is 86.1 Å². The standard InChI is InChI=1S/C28H34Cl2N4O3S/c1-32-19-23(18-31-32)38(35,36)33(2)13-14-37-22-8-6-21-7-10-28(34-11-3-4-12-34)25(24(21)17-22)15-20-5-9-26(29)27(30)16-20/h5-6,8-9,16-19,25,28H,3-4,7,10-15H2,1-2H3. The number of rotatable bonds is 9. The maximum atomic E-state index is 12.8. The van der Waals surface area contributed by atoms with Crippen LogP contribution in [-0.4, -0.2) is 66.7 Å². The first-order chi connectivity index (χ1) is 18.2. The van der Waals surface area contributed by atoms with Crippen LogP contribution >= 0.6 is 23.2 Å². The number of fused-ring (bicyclic) bond motifs is 1. The summed E-state index contributed by atoms with van der Waals surface area (Å²) < 4.78 is 34.5. The van der Waals surface area contributed by atoms with Gasteiger partial charge in [-0.3, -0.25) is 9.58 Å². The molecular formula is C28H34Cl2N4O3S. The third kappa shape index (κ3) is 5.89. The van der Waals surface area contributed by atoms with Crippen LogP contribution in [0.4, 0.5) is 0 Å². The van der Waals surface area contributed by atoms with E-state index in [1.54, 1.807) is 14.1 Å². The molecule has 1 saturated heterocycles. The van der Waals surface area contributed by atoms with Crippen molar-refractivity contribution in [2.24, 2.45) is 7.05 Å². The zero-order chi connectivity index (χ0) is 26.9. The van der Waals surface area contributed by atoms with Gasteiger partial charge in [0.1, 0.15) is 17.3 Å². The number of ether oxygens (including phenoxy) is 1. The lowest BCUT2D eigenvalue weighted by Crippen LogP contribution is -2.41. The van der Waals surface area contributed by atoms with Gasteiger partial charge in [-0.2, -0.15) is 9.40 Å². The molecule has 0 spiro atoms. The molecule has 0 saturated carbocycles. The predicted molar refractivity (Wildman–Crippen MR) is 151 cm³/mol. The quantitative estimate of drug-likeness (QED) is 0.352. The van der Waals surface area contributed by atoms with Crippen LogP contribution in [0.3, 0.4) is 0 Å². The summed E-state index contributed by atoms with van der Waals surface area (Å²) in [6, 6.07) is 12.7. The number of nitrogens with zero attached hydrogens (tertiary/aromatic N) is 4. The van der Waals surface area contributed by atoms with E-state index < -0.39 is 10.0 Å². The second-order valence-corrected chi connectivity index (χ2v) is 13.2. The molecule has 10 heteroatoms. The van der Waals surface area contributed by atoms with Gasteiger partial charge >= 0.3 is 0 Å². The van der Waals surface area contributed by atoms with Crippen molar-refractivity contribution in [3.63, 3.8) is 0 Å². The van der Waals surface area contributed by atoms with Gasteiger partial charge in [0.25, 0.3) is 0 Å². The van der Waals surface area contributed by atoms with Gasteiger partial charge in [0.2, 0.25) is 10.0 Å². The third-order valence-corrected chi connectivity index (χ3v) is 10.4. The highest BCUT2D eigenvalue weighted by atomic mass is 35.5. The Morgan fingerprint density at radius 2 is 1.89 bits per heavy atom. The zero-order valence-corrected chi connectivity index (χ0v) is 24.1. The van der Waals surface area contributed by atoms with Gasteiger partial charge in [-0.1, -0.05) is 35.3 Å². The number of likely N-dealkylation sites (tertiary alicyclic amines) is 1. The van der Waals surface area contributed by atoms with Crippen LogP contribution in [0.25, 0.3) is 0 Å². The monoisotopic (exact) mass is 576 g/mol. The van der Waals surface area contributed by atoms with Crippen molar-refractivity contribution < 1.29 is 13.2 Å². The molecule has 2 unspecified atom stereocenters. The van der Waals surface area contributed by atoms with E-state index in [2.05, 4.69) is 28.2 Å². The van der Waals surface area contributed by atoms with Gasteiger partial charge in [-0.15, -0.1) is 0 Å². The molecule has 204 valence electrons. The summed E-state index contributed by atoms with van der Waals surface area (Å²) in [4.78, 5) is 2.83. The van der Waals surface area contributed by atoms with Crippen LogP contribution in [-0.2, 0) is 29.9 Å². The SMILES string of the molecule is CN(CCOc1ccc2c(c1)C(Cc1ccc(Cl)c(Cl)c1)C(N1CCCC1)CC2)S(=O)(=O)c1cnn(C)c1. The van der Waals surface area contributed by atoms with Crippen molar-refractivity contribution in [1.82, 2.24) is 19.0 Å². The Labute approximate surface area is 235 Å². The van der Waals surface area contributed by atoms with Crippen LogP contribution < -0.4 is 4.74 Å². The van der Waals surface area contributed by atoms with Crippen LogP contribution in [0.5, 0.6) is 5.75 Å². The number of benzene rings is 2. The van der Waals surface area contributed by atoms with Crippen molar-refractivity contribution in [2.45, 2.75) is 49.0 Å². The second kappa shape index (κ2) is 11.6. The summed E-state index contributed by atoms with van der Waals surface area (Å²) >= 11 is 12.6. The summed E-state index contributed by atoms with van der Waals surface area (Å²) in [5.41, 5.74) is 3.84. The molecule has 38 heavy (non-hydrogen) atoms. The Hall–Kier alpha value is -2.10. The van der Waals surface area contributed by atoms with Crippen molar-refractivity contribution in [3.8, 4) is 5.75 Å². The van der Waals surface area contributed by atoms with Crippen molar-refractivity contribution in [2.75, 3.05) is 33.3 Å². The van der Waals surface area contributed by atoms with E-state index in [1.807, 2.05) is 18.2 Å². The molecule has 2 atom stereocenters. The zero-order valence-electron chi connectivity index (χ0n) is 21.8. The molecule has 1 aromatic heterocycles. The average molecular weight is 578 g/mol. The lowest BCUT2D eigenvalue weighted by Gasteiger charge is -2.39. The lowest BCUT2D eigenvalue weighted by atomic mass is 9.75. The predicted octanol–water partition coefficient (Wildman–Crippen LogP) is 5.16. The van der Waals surface area contributed by atoms with E-state index in [0.717, 1.165) is 38.1 Å². The molecule has 1 aliphatic heterocycles. The van der Waals surface area contributed by atoms with Crippen LogP contribution in [0.15, 0.2) is 53.7 Å². The Bertz CT molecular complexity index is 1390. The highest BCUT2D eigenvalue weighted by molar-refractivity contribution is 7.89. The molecular weight excluding hydrogens is 543 g/mol. The summed E-state index contributed by atoms with van der Waals surface area (Å²) in [5.74, 6) is 1.07. The molecule has 0 amide bonds. The number of aryl methyl sites for hydroxylation is 2. The number of hydrogen-bond donors (Lipinski definition) is 0. The second-order valence-electron chi connectivity index (χ2n) is 10.3. The highest BCUT2D eigenvalue weighted by Gasteiger charge is 2.35. The maximum Gasteiger partial charge on any atom is 0.246 e. The highest BCUT2D eigenvalue weighted by Crippen LogP contribution is 2.40. The molecule has 0 radical (unpaired) electrons. The van der Waals surface area contributed by atoms with Crippen LogP contribution in [0, 0.1) is 0 Å².